The number of hydrogen-bond donors (Lipinski definition) is 1. The van der Waals surface area contributed by atoms with Crippen LogP contribution in [0.4, 0.5) is 0 Å². The first-order valence-corrected chi connectivity index (χ1v) is 6.85. The maximum atomic E-state index is 5.14. The van der Waals surface area contributed by atoms with Gasteiger partial charge >= 0.3 is 0 Å². The van der Waals surface area contributed by atoms with Crippen molar-refractivity contribution in [1.82, 2.24) is 10.3 Å². The fraction of sp³-hybridized carbons (Fsp3) is 0.357. The molecule has 0 aliphatic heterocycles. The lowest BCUT2D eigenvalue weighted by atomic mass is 10.2. The monoisotopic (exact) mass is 262 g/mol. The van der Waals surface area contributed by atoms with E-state index in [1.54, 1.807) is 18.4 Å². The molecule has 0 aliphatic carbocycles. The van der Waals surface area contributed by atoms with Crippen molar-refractivity contribution < 1.29 is 4.74 Å². The van der Waals surface area contributed by atoms with Gasteiger partial charge < -0.3 is 10.1 Å². The first kappa shape index (κ1) is 13.1. The molecule has 1 unspecified atom stereocenters. The van der Waals surface area contributed by atoms with E-state index in [-0.39, 0.29) is 6.04 Å². The standard InChI is InChI=1S/C14H18N2OS/c1-10(14-9-18-11(2)16-14)15-8-12-4-6-13(17-3)7-5-12/h4-7,9-10,15H,8H2,1-3H3. The lowest BCUT2D eigenvalue weighted by molar-refractivity contribution is 0.414. The lowest BCUT2D eigenvalue weighted by Gasteiger charge is -2.11. The molecule has 0 saturated carbocycles. The van der Waals surface area contributed by atoms with Crippen LogP contribution in [0.3, 0.4) is 0 Å². The average Bonchev–Trinajstić information content (AvgIpc) is 2.83. The van der Waals surface area contributed by atoms with Crippen molar-refractivity contribution in [1.29, 1.82) is 0 Å². The van der Waals surface area contributed by atoms with Crippen molar-refractivity contribution in [2.24, 2.45) is 0 Å². The molecule has 18 heavy (non-hydrogen) atoms. The van der Waals surface area contributed by atoms with Gasteiger partial charge in [-0.3, -0.25) is 0 Å². The highest BCUT2D eigenvalue weighted by molar-refractivity contribution is 7.09. The van der Waals surface area contributed by atoms with Gasteiger partial charge in [0.25, 0.3) is 0 Å². The highest BCUT2D eigenvalue weighted by Gasteiger charge is 2.07. The van der Waals surface area contributed by atoms with E-state index in [0.717, 1.165) is 23.0 Å². The number of aryl methyl sites for hydroxylation is 1. The first-order valence-electron chi connectivity index (χ1n) is 5.97. The molecule has 2 rings (SSSR count). The summed E-state index contributed by atoms with van der Waals surface area (Å²) in [6, 6.07) is 8.39. The minimum atomic E-state index is 0.275. The second-order valence-corrected chi connectivity index (χ2v) is 5.30. The fourth-order valence-corrected chi connectivity index (χ4v) is 2.40. The number of benzene rings is 1. The van der Waals surface area contributed by atoms with Gasteiger partial charge in [0.15, 0.2) is 0 Å². The molecule has 4 heteroatoms. The first-order chi connectivity index (χ1) is 8.69. The Balaban J connectivity index is 1.90. The molecule has 0 radical (unpaired) electrons. The van der Waals surface area contributed by atoms with E-state index < -0.39 is 0 Å². The van der Waals surface area contributed by atoms with Crippen molar-refractivity contribution in [3.05, 3.63) is 45.9 Å². The van der Waals surface area contributed by atoms with Crippen LogP contribution in [0.25, 0.3) is 0 Å². The topological polar surface area (TPSA) is 34.1 Å². The Morgan fingerprint density at radius 3 is 2.61 bits per heavy atom. The predicted molar refractivity (Wildman–Crippen MR) is 75.1 cm³/mol. The highest BCUT2D eigenvalue weighted by atomic mass is 32.1. The Hall–Kier alpha value is -1.39. The van der Waals surface area contributed by atoms with Crippen LogP contribution in [0, 0.1) is 6.92 Å². The minimum absolute atomic E-state index is 0.275. The Labute approximate surface area is 112 Å². The number of methoxy groups -OCH3 is 1. The largest absolute Gasteiger partial charge is 0.497 e. The van der Waals surface area contributed by atoms with Crippen molar-refractivity contribution in [2.45, 2.75) is 26.4 Å². The molecule has 1 aromatic carbocycles. The Morgan fingerprint density at radius 2 is 2.06 bits per heavy atom. The van der Waals surface area contributed by atoms with Gasteiger partial charge in [0.05, 0.1) is 17.8 Å². The van der Waals surface area contributed by atoms with E-state index in [1.165, 1.54) is 5.56 Å². The SMILES string of the molecule is COc1ccc(CNC(C)c2csc(C)n2)cc1. The zero-order chi connectivity index (χ0) is 13.0. The summed E-state index contributed by atoms with van der Waals surface area (Å²) in [5, 5.41) is 6.70. The number of nitrogens with one attached hydrogen (secondary N) is 1. The van der Waals surface area contributed by atoms with Crippen molar-refractivity contribution in [3.8, 4) is 5.75 Å². The summed E-state index contributed by atoms with van der Waals surface area (Å²) in [5.74, 6) is 0.891. The molecule has 2 aromatic rings. The summed E-state index contributed by atoms with van der Waals surface area (Å²) in [5.41, 5.74) is 2.36. The number of rotatable bonds is 5. The molecular formula is C14H18N2OS. The molecule has 0 fully saturated rings. The van der Waals surface area contributed by atoms with Gasteiger partial charge in [-0.25, -0.2) is 4.98 Å². The predicted octanol–water partition coefficient (Wildman–Crippen LogP) is 3.31. The Kier molecular flexibility index (Phi) is 4.33. The van der Waals surface area contributed by atoms with Crippen LogP contribution in [-0.4, -0.2) is 12.1 Å². The molecule has 0 amide bonds. The second-order valence-electron chi connectivity index (χ2n) is 4.24. The zero-order valence-corrected chi connectivity index (χ0v) is 11.8. The molecule has 0 bridgehead atoms. The highest BCUT2D eigenvalue weighted by Crippen LogP contribution is 2.17. The van der Waals surface area contributed by atoms with Gasteiger partial charge in [-0.2, -0.15) is 0 Å². The smallest absolute Gasteiger partial charge is 0.118 e. The van der Waals surface area contributed by atoms with Crippen LogP contribution in [-0.2, 0) is 6.54 Å². The van der Waals surface area contributed by atoms with E-state index in [2.05, 4.69) is 34.7 Å². The number of thiazole rings is 1. The number of aromatic nitrogens is 1. The van der Waals surface area contributed by atoms with Gasteiger partial charge in [-0.1, -0.05) is 12.1 Å². The molecule has 1 aromatic heterocycles. The van der Waals surface area contributed by atoms with Crippen LogP contribution >= 0.6 is 11.3 Å². The molecule has 96 valence electrons. The maximum Gasteiger partial charge on any atom is 0.118 e. The van der Waals surface area contributed by atoms with E-state index in [9.17, 15) is 0 Å². The fourth-order valence-electron chi connectivity index (χ4n) is 1.70. The summed E-state index contributed by atoms with van der Waals surface area (Å²) in [7, 11) is 1.68. The van der Waals surface area contributed by atoms with Gasteiger partial charge in [0.2, 0.25) is 0 Å². The summed E-state index contributed by atoms with van der Waals surface area (Å²) >= 11 is 1.69. The second kappa shape index (κ2) is 5.98. The molecule has 1 heterocycles. The third-order valence-electron chi connectivity index (χ3n) is 2.85. The van der Waals surface area contributed by atoms with Crippen molar-refractivity contribution in [2.75, 3.05) is 7.11 Å². The Morgan fingerprint density at radius 1 is 1.33 bits per heavy atom. The van der Waals surface area contributed by atoms with Crippen LogP contribution in [0.1, 0.15) is 29.2 Å². The quantitative estimate of drug-likeness (QED) is 0.897. The summed E-state index contributed by atoms with van der Waals surface area (Å²) < 4.78 is 5.14. The van der Waals surface area contributed by atoms with E-state index in [1.807, 2.05) is 19.1 Å². The molecule has 0 saturated heterocycles. The molecule has 3 nitrogen and oxygen atoms in total. The number of ether oxygens (including phenoxy) is 1. The molecular weight excluding hydrogens is 244 g/mol. The summed E-state index contributed by atoms with van der Waals surface area (Å²) in [4.78, 5) is 4.49. The van der Waals surface area contributed by atoms with E-state index in [4.69, 9.17) is 4.74 Å². The number of hydrogen-bond acceptors (Lipinski definition) is 4. The van der Waals surface area contributed by atoms with Crippen LogP contribution in [0.2, 0.25) is 0 Å². The molecule has 0 aliphatic rings. The van der Waals surface area contributed by atoms with E-state index >= 15 is 0 Å². The third kappa shape index (κ3) is 3.31. The van der Waals surface area contributed by atoms with E-state index in [0.29, 0.717) is 0 Å². The summed E-state index contributed by atoms with van der Waals surface area (Å²) in [6.07, 6.45) is 0. The average molecular weight is 262 g/mol. The van der Waals surface area contributed by atoms with Crippen LogP contribution in [0.15, 0.2) is 29.6 Å². The minimum Gasteiger partial charge on any atom is -0.497 e. The van der Waals surface area contributed by atoms with Gasteiger partial charge in [0, 0.05) is 18.0 Å². The molecule has 1 N–H and O–H groups in total. The van der Waals surface area contributed by atoms with Crippen molar-refractivity contribution in [3.63, 3.8) is 0 Å². The Bertz CT molecular complexity index is 493. The summed E-state index contributed by atoms with van der Waals surface area (Å²) in [6.45, 7) is 5.00. The maximum absolute atomic E-state index is 5.14. The number of nitrogens with zero attached hydrogens (tertiary/aromatic N) is 1. The zero-order valence-electron chi connectivity index (χ0n) is 10.9. The van der Waals surface area contributed by atoms with Gasteiger partial charge in [-0.05, 0) is 31.5 Å². The van der Waals surface area contributed by atoms with Crippen LogP contribution < -0.4 is 10.1 Å². The normalized spacial score (nSPS) is 12.4. The van der Waals surface area contributed by atoms with Crippen LogP contribution in [0.5, 0.6) is 5.75 Å². The molecule has 0 spiro atoms. The molecule has 1 atom stereocenters. The van der Waals surface area contributed by atoms with Crippen molar-refractivity contribution >= 4 is 11.3 Å². The van der Waals surface area contributed by atoms with Gasteiger partial charge in [-0.15, -0.1) is 11.3 Å². The van der Waals surface area contributed by atoms with Gasteiger partial charge in [0.1, 0.15) is 5.75 Å². The third-order valence-corrected chi connectivity index (χ3v) is 3.64. The lowest BCUT2D eigenvalue weighted by Crippen LogP contribution is -2.18.